The molecule has 1 aromatic heterocycles. The third kappa shape index (κ3) is 5.41. The minimum Gasteiger partial charge on any atom is -0.348 e. The van der Waals surface area contributed by atoms with Gasteiger partial charge in [-0.3, -0.25) is 39.2 Å². The van der Waals surface area contributed by atoms with Crippen LogP contribution in [0.4, 0.5) is 11.4 Å². The molecule has 2 heterocycles. The van der Waals surface area contributed by atoms with E-state index >= 15 is 0 Å². The van der Waals surface area contributed by atoms with Gasteiger partial charge in [0.05, 0.1) is 21.6 Å². The van der Waals surface area contributed by atoms with Crippen LogP contribution in [0.2, 0.25) is 0 Å². The van der Waals surface area contributed by atoms with Gasteiger partial charge >= 0.3 is 0 Å². The molecule has 0 saturated heterocycles. The molecule has 4 amide bonds. The Bertz CT molecular complexity index is 1340. The van der Waals surface area contributed by atoms with Crippen LogP contribution in [0.25, 0.3) is 0 Å². The average molecular weight is 487 g/mol. The summed E-state index contributed by atoms with van der Waals surface area (Å²) in [6, 6.07) is 13.9. The van der Waals surface area contributed by atoms with Crippen molar-refractivity contribution in [3.63, 3.8) is 0 Å². The molecule has 0 aliphatic carbocycles. The number of nitrogens with zero attached hydrogens (tertiary/aromatic N) is 3. The number of imide groups is 1. The Morgan fingerprint density at radius 2 is 1.75 bits per heavy atom. The Morgan fingerprint density at radius 3 is 2.44 bits per heavy atom. The molecule has 0 spiro atoms. The number of nitro groups is 1. The van der Waals surface area contributed by atoms with Crippen LogP contribution in [0, 0.1) is 10.1 Å². The van der Waals surface area contributed by atoms with Gasteiger partial charge in [-0.1, -0.05) is 12.1 Å². The van der Waals surface area contributed by atoms with Crippen LogP contribution in [-0.4, -0.2) is 45.0 Å². The molecule has 1 aliphatic heterocycles. The van der Waals surface area contributed by atoms with Gasteiger partial charge in [0.15, 0.2) is 0 Å². The number of hydrogen-bond acceptors (Lipinski definition) is 7. The smallest absolute Gasteiger partial charge is 0.270 e. The first-order chi connectivity index (χ1) is 17.3. The quantitative estimate of drug-likeness (QED) is 0.267. The maximum atomic E-state index is 12.5. The number of aromatic nitrogens is 1. The maximum Gasteiger partial charge on any atom is 0.270 e. The van der Waals surface area contributed by atoms with Crippen LogP contribution in [0.5, 0.6) is 0 Å². The van der Waals surface area contributed by atoms with E-state index in [1.54, 1.807) is 42.6 Å². The molecule has 11 heteroatoms. The maximum absolute atomic E-state index is 12.5. The lowest BCUT2D eigenvalue weighted by molar-refractivity contribution is -0.384. The number of carbonyl (C=O) groups excluding carboxylic acids is 4. The van der Waals surface area contributed by atoms with Crippen LogP contribution < -0.4 is 10.6 Å². The number of non-ortho nitro benzene ring substituents is 1. The highest BCUT2D eigenvalue weighted by molar-refractivity contribution is 6.21. The largest absolute Gasteiger partial charge is 0.348 e. The first-order valence-corrected chi connectivity index (χ1v) is 11.0. The highest BCUT2D eigenvalue weighted by Gasteiger charge is 2.36. The third-order valence-corrected chi connectivity index (χ3v) is 5.57. The van der Waals surface area contributed by atoms with Crippen LogP contribution in [-0.2, 0) is 11.3 Å². The summed E-state index contributed by atoms with van der Waals surface area (Å²) in [5.74, 6) is -1.67. The van der Waals surface area contributed by atoms with Gasteiger partial charge in [-0.05, 0) is 42.3 Å². The second-order valence-corrected chi connectivity index (χ2v) is 8.02. The second-order valence-electron chi connectivity index (χ2n) is 8.02. The zero-order valence-electron chi connectivity index (χ0n) is 19.0. The number of pyridine rings is 1. The standard InChI is InChI=1S/C25H21N5O6/c31-22(4-2-12-29-24(33)20-10-9-19(30(35)36)13-21(20)25(29)34)28-18-7-5-16(6-8-18)14-27-23(32)17-3-1-11-26-15-17/h1,3,5-11,13,15H,2,4,12,14H2,(H,27,32)(H,28,31). The topological polar surface area (TPSA) is 152 Å². The Hall–Kier alpha value is -4.93. The molecule has 4 rings (SSSR count). The van der Waals surface area contributed by atoms with Crippen molar-refractivity contribution >= 4 is 35.0 Å². The van der Waals surface area contributed by atoms with Gasteiger partial charge in [0.25, 0.3) is 23.4 Å². The van der Waals surface area contributed by atoms with Gasteiger partial charge in [0, 0.05) is 49.7 Å². The second kappa shape index (κ2) is 10.6. The van der Waals surface area contributed by atoms with Gasteiger partial charge in [-0.15, -0.1) is 0 Å². The van der Waals surface area contributed by atoms with E-state index < -0.39 is 16.7 Å². The first-order valence-electron chi connectivity index (χ1n) is 11.0. The number of anilines is 1. The zero-order valence-corrected chi connectivity index (χ0v) is 19.0. The summed E-state index contributed by atoms with van der Waals surface area (Å²) in [4.78, 5) is 64.6. The van der Waals surface area contributed by atoms with Crippen molar-refractivity contribution in [1.82, 2.24) is 15.2 Å². The lowest BCUT2D eigenvalue weighted by atomic mass is 10.1. The highest BCUT2D eigenvalue weighted by atomic mass is 16.6. The van der Waals surface area contributed by atoms with Crippen LogP contribution in [0.3, 0.4) is 0 Å². The van der Waals surface area contributed by atoms with Gasteiger partial charge in [0.2, 0.25) is 5.91 Å². The summed E-state index contributed by atoms with van der Waals surface area (Å²) in [7, 11) is 0. The normalized spacial score (nSPS) is 12.3. The number of fused-ring (bicyclic) bond motifs is 1. The Balaban J connectivity index is 1.23. The van der Waals surface area contributed by atoms with Crippen molar-refractivity contribution in [3.05, 3.63) is 99.4 Å². The lowest BCUT2D eigenvalue weighted by Gasteiger charge is -2.13. The molecule has 36 heavy (non-hydrogen) atoms. The lowest BCUT2D eigenvalue weighted by Crippen LogP contribution is -2.31. The molecular weight excluding hydrogens is 466 g/mol. The monoisotopic (exact) mass is 487 g/mol. The molecule has 0 atom stereocenters. The third-order valence-electron chi connectivity index (χ3n) is 5.57. The summed E-state index contributed by atoms with van der Waals surface area (Å²) in [5, 5.41) is 16.5. The fourth-order valence-corrected chi connectivity index (χ4v) is 3.70. The zero-order chi connectivity index (χ0) is 25.7. The summed E-state index contributed by atoms with van der Waals surface area (Å²) < 4.78 is 0. The Morgan fingerprint density at radius 1 is 1.00 bits per heavy atom. The number of hydrogen-bond donors (Lipinski definition) is 2. The van der Waals surface area contributed by atoms with Crippen molar-refractivity contribution in [2.24, 2.45) is 0 Å². The molecular formula is C25H21N5O6. The molecule has 2 aromatic carbocycles. The van der Waals surface area contributed by atoms with Crippen LogP contribution in [0.1, 0.15) is 49.5 Å². The number of benzene rings is 2. The number of nitro benzene ring substituents is 1. The van der Waals surface area contributed by atoms with Crippen LogP contribution >= 0.6 is 0 Å². The summed E-state index contributed by atoms with van der Waals surface area (Å²) >= 11 is 0. The summed E-state index contributed by atoms with van der Waals surface area (Å²) in [6.07, 6.45) is 3.37. The SMILES string of the molecule is O=C(CCCN1C(=O)c2ccc([N+](=O)[O-])cc2C1=O)Nc1ccc(CNC(=O)c2cccnc2)cc1. The van der Waals surface area contributed by atoms with E-state index in [1.807, 2.05) is 0 Å². The van der Waals surface area contributed by atoms with E-state index in [2.05, 4.69) is 15.6 Å². The van der Waals surface area contributed by atoms with Crippen molar-refractivity contribution < 1.29 is 24.1 Å². The number of rotatable bonds is 9. The van der Waals surface area contributed by atoms with E-state index in [1.165, 1.54) is 18.3 Å². The van der Waals surface area contributed by atoms with Gasteiger partial charge in [0.1, 0.15) is 0 Å². The molecule has 182 valence electrons. The van der Waals surface area contributed by atoms with Crippen molar-refractivity contribution in [3.8, 4) is 0 Å². The molecule has 0 radical (unpaired) electrons. The van der Waals surface area contributed by atoms with Crippen LogP contribution in [0.15, 0.2) is 67.0 Å². The van der Waals surface area contributed by atoms with Crippen molar-refractivity contribution in [2.45, 2.75) is 19.4 Å². The van der Waals surface area contributed by atoms with E-state index in [-0.39, 0.29) is 48.0 Å². The fraction of sp³-hybridized carbons (Fsp3) is 0.160. The molecule has 0 unspecified atom stereocenters. The molecule has 2 N–H and O–H groups in total. The molecule has 0 bridgehead atoms. The average Bonchev–Trinajstić information content (AvgIpc) is 3.13. The van der Waals surface area contributed by atoms with E-state index in [0.29, 0.717) is 17.8 Å². The minimum absolute atomic E-state index is 0.00429. The molecule has 3 aromatic rings. The molecule has 11 nitrogen and oxygen atoms in total. The fourth-order valence-electron chi connectivity index (χ4n) is 3.70. The van der Waals surface area contributed by atoms with E-state index in [4.69, 9.17) is 0 Å². The molecule has 0 fully saturated rings. The minimum atomic E-state index is -0.629. The molecule has 0 saturated carbocycles. The van der Waals surface area contributed by atoms with Gasteiger partial charge in [-0.25, -0.2) is 0 Å². The number of carbonyl (C=O) groups is 4. The van der Waals surface area contributed by atoms with E-state index in [9.17, 15) is 29.3 Å². The summed E-state index contributed by atoms with van der Waals surface area (Å²) in [6.45, 7) is 0.328. The number of nitrogens with one attached hydrogen (secondary N) is 2. The predicted molar refractivity (Wildman–Crippen MR) is 128 cm³/mol. The molecule has 1 aliphatic rings. The highest BCUT2D eigenvalue weighted by Crippen LogP contribution is 2.27. The van der Waals surface area contributed by atoms with Crippen molar-refractivity contribution in [1.29, 1.82) is 0 Å². The predicted octanol–water partition coefficient (Wildman–Crippen LogP) is 2.93. The first kappa shape index (κ1) is 24.2. The van der Waals surface area contributed by atoms with Crippen molar-refractivity contribution in [2.75, 3.05) is 11.9 Å². The van der Waals surface area contributed by atoms with Gasteiger partial charge in [-0.2, -0.15) is 0 Å². The number of amides is 4. The Labute approximate surface area is 205 Å². The Kier molecular flexibility index (Phi) is 7.10. The van der Waals surface area contributed by atoms with E-state index in [0.717, 1.165) is 16.5 Å². The van der Waals surface area contributed by atoms with Gasteiger partial charge < -0.3 is 10.6 Å². The summed E-state index contributed by atoms with van der Waals surface area (Å²) in [5.41, 5.74) is 1.72.